The van der Waals surface area contributed by atoms with Gasteiger partial charge in [-0.25, -0.2) is 9.97 Å². The highest BCUT2D eigenvalue weighted by atomic mass is 32.1. The Morgan fingerprint density at radius 2 is 1.58 bits per heavy atom. The molecule has 2 N–H and O–H groups in total. The summed E-state index contributed by atoms with van der Waals surface area (Å²) in [5, 5.41) is 6.42. The molecule has 0 saturated heterocycles. The summed E-state index contributed by atoms with van der Waals surface area (Å²) in [4.78, 5) is 11.2. The second-order valence-corrected chi connectivity index (χ2v) is 6.37. The molecule has 2 aromatic heterocycles. The second-order valence-electron chi connectivity index (χ2n) is 4.41. The van der Waals surface area contributed by atoms with E-state index >= 15 is 0 Å². The molecule has 0 radical (unpaired) electrons. The number of unbranched alkanes of at least 4 members (excludes halogenated alkanes) is 2. The molecule has 0 amide bonds. The standard InChI is InChI=1S/C13H20N4S2/c14-4-2-1-3-7-17(10-12-15-5-8-18-12)11-13-16-6-9-19-13/h5-6,8-9H,1-4,7,10-11,14H2. The normalized spacial score (nSPS) is 11.3. The third kappa shape index (κ3) is 5.36. The maximum atomic E-state index is 5.53. The van der Waals surface area contributed by atoms with E-state index in [1.165, 1.54) is 22.9 Å². The fraction of sp³-hybridized carbons (Fsp3) is 0.538. The van der Waals surface area contributed by atoms with Crippen LogP contribution in [0.2, 0.25) is 0 Å². The third-order valence-corrected chi connectivity index (χ3v) is 4.39. The lowest BCUT2D eigenvalue weighted by molar-refractivity contribution is 0.250. The Morgan fingerprint density at radius 1 is 0.947 bits per heavy atom. The van der Waals surface area contributed by atoms with E-state index in [2.05, 4.69) is 14.9 Å². The highest BCUT2D eigenvalue weighted by Crippen LogP contribution is 2.14. The largest absolute Gasteiger partial charge is 0.330 e. The topological polar surface area (TPSA) is 55.0 Å². The molecule has 0 aliphatic rings. The molecule has 0 aliphatic carbocycles. The van der Waals surface area contributed by atoms with Crippen LogP contribution in [-0.2, 0) is 13.1 Å². The van der Waals surface area contributed by atoms with Crippen LogP contribution < -0.4 is 5.73 Å². The quantitative estimate of drug-likeness (QED) is 0.723. The minimum absolute atomic E-state index is 0.791. The lowest BCUT2D eigenvalue weighted by atomic mass is 10.2. The van der Waals surface area contributed by atoms with Gasteiger partial charge in [0.1, 0.15) is 10.0 Å². The summed E-state index contributed by atoms with van der Waals surface area (Å²) in [7, 11) is 0. The molecule has 0 aliphatic heterocycles. The van der Waals surface area contributed by atoms with Gasteiger partial charge >= 0.3 is 0 Å². The van der Waals surface area contributed by atoms with Crippen molar-refractivity contribution in [3.05, 3.63) is 33.2 Å². The molecular formula is C13H20N4S2. The third-order valence-electron chi connectivity index (χ3n) is 2.86. The van der Waals surface area contributed by atoms with Gasteiger partial charge in [-0.05, 0) is 25.9 Å². The first-order valence-corrected chi connectivity index (χ1v) is 8.33. The zero-order valence-corrected chi connectivity index (χ0v) is 12.6. The van der Waals surface area contributed by atoms with Gasteiger partial charge in [-0.2, -0.15) is 0 Å². The number of hydrogen-bond donors (Lipinski definition) is 1. The monoisotopic (exact) mass is 296 g/mol. The molecule has 6 heteroatoms. The summed E-state index contributed by atoms with van der Waals surface area (Å²) in [6.07, 6.45) is 7.24. The van der Waals surface area contributed by atoms with Gasteiger partial charge in [0.25, 0.3) is 0 Å². The van der Waals surface area contributed by atoms with Crippen LogP contribution in [0, 0.1) is 0 Å². The zero-order chi connectivity index (χ0) is 13.3. The lowest BCUT2D eigenvalue weighted by Crippen LogP contribution is -2.24. The van der Waals surface area contributed by atoms with Crippen molar-refractivity contribution in [1.82, 2.24) is 14.9 Å². The Morgan fingerprint density at radius 3 is 2.05 bits per heavy atom. The molecule has 0 bridgehead atoms. The summed E-state index contributed by atoms with van der Waals surface area (Å²) in [5.41, 5.74) is 5.53. The van der Waals surface area contributed by atoms with E-state index < -0.39 is 0 Å². The predicted octanol–water partition coefficient (Wildman–Crippen LogP) is 2.73. The summed E-state index contributed by atoms with van der Waals surface area (Å²) in [5.74, 6) is 0. The maximum Gasteiger partial charge on any atom is 0.107 e. The number of hydrogen-bond acceptors (Lipinski definition) is 6. The molecule has 0 aromatic carbocycles. The first kappa shape index (κ1) is 14.6. The minimum atomic E-state index is 0.791. The van der Waals surface area contributed by atoms with Gasteiger partial charge in [-0.1, -0.05) is 6.42 Å². The molecule has 19 heavy (non-hydrogen) atoms. The Kier molecular flexibility index (Phi) is 6.43. The van der Waals surface area contributed by atoms with Crippen molar-refractivity contribution in [2.75, 3.05) is 13.1 Å². The highest BCUT2D eigenvalue weighted by Gasteiger charge is 2.09. The number of nitrogens with two attached hydrogens (primary N) is 1. The Hall–Kier alpha value is -0.820. The van der Waals surface area contributed by atoms with Crippen LogP contribution in [0.3, 0.4) is 0 Å². The van der Waals surface area contributed by atoms with Crippen molar-refractivity contribution >= 4 is 22.7 Å². The summed E-state index contributed by atoms with van der Waals surface area (Å²) in [6, 6.07) is 0. The molecule has 0 saturated carbocycles. The van der Waals surface area contributed by atoms with E-state index in [-0.39, 0.29) is 0 Å². The van der Waals surface area contributed by atoms with Crippen molar-refractivity contribution in [2.24, 2.45) is 5.73 Å². The van der Waals surface area contributed by atoms with Gasteiger partial charge in [-0.3, -0.25) is 4.90 Å². The molecule has 0 atom stereocenters. The number of thiazole rings is 2. The highest BCUT2D eigenvalue weighted by molar-refractivity contribution is 7.09. The summed E-state index contributed by atoms with van der Waals surface area (Å²) < 4.78 is 0. The van der Waals surface area contributed by atoms with Crippen LogP contribution in [0.1, 0.15) is 29.3 Å². The Labute approximate surface area is 122 Å². The molecule has 2 rings (SSSR count). The van der Waals surface area contributed by atoms with Crippen molar-refractivity contribution < 1.29 is 0 Å². The van der Waals surface area contributed by atoms with Gasteiger partial charge in [-0.15, -0.1) is 22.7 Å². The van der Waals surface area contributed by atoms with Crippen LogP contribution in [0.4, 0.5) is 0 Å². The van der Waals surface area contributed by atoms with Gasteiger partial charge in [0.2, 0.25) is 0 Å². The fourth-order valence-corrected chi connectivity index (χ4v) is 3.23. The van der Waals surface area contributed by atoms with E-state index in [1.54, 1.807) is 22.7 Å². The van der Waals surface area contributed by atoms with E-state index in [9.17, 15) is 0 Å². The van der Waals surface area contributed by atoms with Crippen LogP contribution in [0.25, 0.3) is 0 Å². The number of nitrogens with zero attached hydrogens (tertiary/aromatic N) is 3. The van der Waals surface area contributed by atoms with Gasteiger partial charge in [0.05, 0.1) is 13.1 Å². The SMILES string of the molecule is NCCCCCN(Cc1nccs1)Cc1nccs1. The van der Waals surface area contributed by atoms with Crippen molar-refractivity contribution in [3.63, 3.8) is 0 Å². The smallest absolute Gasteiger partial charge is 0.107 e. The van der Waals surface area contributed by atoms with E-state index in [0.29, 0.717) is 0 Å². The van der Waals surface area contributed by atoms with Gasteiger partial charge in [0, 0.05) is 23.2 Å². The van der Waals surface area contributed by atoms with E-state index in [4.69, 9.17) is 5.73 Å². The van der Waals surface area contributed by atoms with Crippen molar-refractivity contribution in [3.8, 4) is 0 Å². The average molecular weight is 296 g/mol. The Balaban J connectivity index is 1.84. The molecule has 0 spiro atoms. The molecular weight excluding hydrogens is 276 g/mol. The molecule has 2 aromatic rings. The van der Waals surface area contributed by atoms with Gasteiger partial charge in [0.15, 0.2) is 0 Å². The fourth-order valence-electron chi connectivity index (χ4n) is 1.92. The van der Waals surface area contributed by atoms with Crippen LogP contribution in [-0.4, -0.2) is 28.0 Å². The van der Waals surface area contributed by atoms with Crippen LogP contribution in [0.15, 0.2) is 23.2 Å². The molecule has 0 unspecified atom stereocenters. The first-order chi connectivity index (χ1) is 9.38. The number of aromatic nitrogens is 2. The predicted molar refractivity (Wildman–Crippen MR) is 81.2 cm³/mol. The molecule has 0 fully saturated rings. The van der Waals surface area contributed by atoms with E-state index in [0.717, 1.165) is 32.6 Å². The molecule has 104 valence electrons. The summed E-state index contributed by atoms with van der Waals surface area (Å²) >= 11 is 3.44. The van der Waals surface area contributed by atoms with E-state index in [1.807, 2.05) is 23.2 Å². The maximum absolute atomic E-state index is 5.53. The second kappa shape index (κ2) is 8.37. The molecule has 2 heterocycles. The molecule has 4 nitrogen and oxygen atoms in total. The number of rotatable bonds is 9. The van der Waals surface area contributed by atoms with Crippen LogP contribution >= 0.6 is 22.7 Å². The van der Waals surface area contributed by atoms with Crippen LogP contribution in [0.5, 0.6) is 0 Å². The summed E-state index contributed by atoms with van der Waals surface area (Å²) in [6.45, 7) is 3.71. The van der Waals surface area contributed by atoms with Gasteiger partial charge < -0.3 is 5.73 Å². The minimum Gasteiger partial charge on any atom is -0.330 e. The lowest BCUT2D eigenvalue weighted by Gasteiger charge is -2.19. The average Bonchev–Trinajstić information content (AvgIpc) is 3.08. The Bertz CT molecular complexity index is 391. The van der Waals surface area contributed by atoms with Crippen molar-refractivity contribution in [1.29, 1.82) is 0 Å². The van der Waals surface area contributed by atoms with Crippen molar-refractivity contribution in [2.45, 2.75) is 32.4 Å². The first-order valence-electron chi connectivity index (χ1n) is 6.57. The zero-order valence-electron chi connectivity index (χ0n) is 11.0.